The fourth-order valence-electron chi connectivity index (χ4n) is 7.59. The fourth-order valence-corrected chi connectivity index (χ4v) is 7.59. The molecule has 0 bridgehead atoms. The topological polar surface area (TPSA) is 51.7 Å². The summed E-state index contributed by atoms with van der Waals surface area (Å²) in [6, 6.07) is 0. The molecule has 3 saturated carbocycles. The zero-order valence-corrected chi connectivity index (χ0v) is 20.2. The van der Waals surface area contributed by atoms with Crippen molar-refractivity contribution in [3.63, 3.8) is 0 Å². The summed E-state index contributed by atoms with van der Waals surface area (Å²) in [5.74, 6) is 4.38. The van der Waals surface area contributed by atoms with Crippen LogP contribution in [0.1, 0.15) is 86.5 Å². The summed E-state index contributed by atoms with van der Waals surface area (Å²) >= 11 is 0. The summed E-state index contributed by atoms with van der Waals surface area (Å²) in [6.45, 7) is 14.6. The Morgan fingerprint density at radius 1 is 0.933 bits per heavy atom. The van der Waals surface area contributed by atoms with Crippen molar-refractivity contribution < 1.29 is 10.6 Å². The van der Waals surface area contributed by atoms with Gasteiger partial charge in [-0.3, -0.25) is 0 Å². The highest BCUT2D eigenvalue weighted by Gasteiger charge is 2.56. The van der Waals surface area contributed by atoms with Gasteiger partial charge in [0.25, 0.3) is 0 Å². The van der Waals surface area contributed by atoms with E-state index in [9.17, 15) is 5.11 Å². The highest BCUT2D eigenvalue weighted by Crippen LogP contribution is 2.65. The molecule has 8 atom stereocenters. The zero-order chi connectivity index (χ0) is 21.0. The molecule has 2 nitrogen and oxygen atoms in total. The van der Waals surface area contributed by atoms with Crippen molar-refractivity contribution in [3.05, 3.63) is 35.5 Å². The zero-order valence-electron chi connectivity index (χ0n) is 20.2. The van der Waals surface area contributed by atoms with Crippen LogP contribution in [0.25, 0.3) is 0 Å². The van der Waals surface area contributed by atoms with Crippen molar-refractivity contribution in [1.29, 1.82) is 0 Å². The van der Waals surface area contributed by atoms with Gasteiger partial charge in [0.05, 0.1) is 6.10 Å². The van der Waals surface area contributed by atoms with Crippen LogP contribution in [0.5, 0.6) is 0 Å². The van der Waals surface area contributed by atoms with E-state index in [1.165, 1.54) is 37.7 Å². The second-order valence-corrected chi connectivity index (χ2v) is 11.9. The van der Waals surface area contributed by atoms with Gasteiger partial charge in [-0.2, -0.15) is 0 Å². The molecular weight excluding hydrogens is 368 g/mol. The number of allylic oxidation sites excluding steroid dienone is 5. The quantitative estimate of drug-likeness (QED) is 0.524. The standard InChI is InChI=1S/C28H44O.H2O/c1-18(2)19(3)7-8-20(4)24-11-12-25-23-10-9-21-17-22(29)13-15-27(21,5)26(23)14-16-28(24,25)6;/h7-10,18-20,22,24-26,29H,11-17H2,1-6H3;1H2/t19-,20+,22-,24+,25-,26-,27-,28+;/m0./s1. The normalized spacial score (nSPS) is 42.5. The monoisotopic (exact) mass is 414 g/mol. The van der Waals surface area contributed by atoms with Crippen molar-refractivity contribution in [2.75, 3.05) is 0 Å². The molecule has 0 radical (unpaired) electrons. The van der Waals surface area contributed by atoms with E-state index in [1.54, 1.807) is 5.57 Å². The van der Waals surface area contributed by atoms with Crippen molar-refractivity contribution in [3.8, 4) is 0 Å². The number of rotatable bonds is 4. The number of fused-ring (bicyclic) bond motifs is 5. The molecule has 0 aromatic heterocycles. The van der Waals surface area contributed by atoms with Crippen LogP contribution in [0.15, 0.2) is 35.5 Å². The molecule has 4 aliphatic rings. The maximum atomic E-state index is 10.2. The molecule has 0 amide bonds. The predicted octanol–water partition coefficient (Wildman–Crippen LogP) is 6.51. The highest BCUT2D eigenvalue weighted by molar-refractivity contribution is 5.39. The molecule has 170 valence electrons. The van der Waals surface area contributed by atoms with E-state index in [-0.39, 0.29) is 11.6 Å². The minimum atomic E-state index is -0.116. The van der Waals surface area contributed by atoms with Crippen LogP contribution >= 0.6 is 0 Å². The Hall–Kier alpha value is -0.860. The lowest BCUT2D eigenvalue weighted by molar-refractivity contribution is 0.0382. The van der Waals surface area contributed by atoms with Crippen LogP contribution in [0.2, 0.25) is 0 Å². The molecular formula is C28H46O2. The Bertz CT molecular complexity index is 716. The number of hydrogen-bond donors (Lipinski definition) is 1. The second kappa shape index (κ2) is 8.58. The van der Waals surface area contributed by atoms with E-state index < -0.39 is 0 Å². The molecule has 2 heteroatoms. The second-order valence-electron chi connectivity index (χ2n) is 11.9. The molecule has 4 rings (SSSR count). The molecule has 0 unspecified atom stereocenters. The van der Waals surface area contributed by atoms with Gasteiger partial charge < -0.3 is 10.6 Å². The highest BCUT2D eigenvalue weighted by atomic mass is 16.3. The molecule has 30 heavy (non-hydrogen) atoms. The predicted molar refractivity (Wildman–Crippen MR) is 127 cm³/mol. The third kappa shape index (κ3) is 3.77. The molecule has 0 heterocycles. The molecule has 4 aliphatic carbocycles. The minimum absolute atomic E-state index is 0. The van der Waals surface area contributed by atoms with E-state index in [4.69, 9.17) is 0 Å². The summed E-state index contributed by atoms with van der Waals surface area (Å²) in [4.78, 5) is 0. The summed E-state index contributed by atoms with van der Waals surface area (Å²) in [5.41, 5.74) is 4.07. The Labute approximate surface area is 185 Å². The van der Waals surface area contributed by atoms with E-state index >= 15 is 0 Å². The summed E-state index contributed by atoms with van der Waals surface area (Å²) in [7, 11) is 0. The van der Waals surface area contributed by atoms with Gasteiger partial charge in [-0.1, -0.05) is 77.0 Å². The van der Waals surface area contributed by atoms with Crippen molar-refractivity contribution in [2.24, 2.45) is 46.3 Å². The van der Waals surface area contributed by atoms with Gasteiger partial charge in [-0.15, -0.1) is 0 Å². The average molecular weight is 415 g/mol. The van der Waals surface area contributed by atoms with Crippen LogP contribution in [-0.2, 0) is 0 Å². The molecule has 0 spiro atoms. The van der Waals surface area contributed by atoms with E-state index in [0.717, 1.165) is 36.5 Å². The van der Waals surface area contributed by atoms with Crippen LogP contribution < -0.4 is 0 Å². The number of aliphatic hydroxyl groups is 1. The fraction of sp³-hybridized carbons (Fsp3) is 0.786. The lowest BCUT2D eigenvalue weighted by Crippen LogP contribution is -2.46. The van der Waals surface area contributed by atoms with Gasteiger partial charge in [0.15, 0.2) is 0 Å². The van der Waals surface area contributed by atoms with Crippen LogP contribution in [-0.4, -0.2) is 16.7 Å². The molecule has 3 N–H and O–H groups in total. The summed E-state index contributed by atoms with van der Waals surface area (Å²) in [5, 5.41) is 10.2. The van der Waals surface area contributed by atoms with E-state index in [0.29, 0.717) is 22.7 Å². The largest absolute Gasteiger partial charge is 0.412 e. The maximum Gasteiger partial charge on any atom is 0.0578 e. The lowest BCUT2D eigenvalue weighted by atomic mass is 9.50. The van der Waals surface area contributed by atoms with Crippen molar-refractivity contribution in [1.82, 2.24) is 0 Å². The van der Waals surface area contributed by atoms with Crippen LogP contribution in [0.3, 0.4) is 0 Å². The molecule has 0 aromatic rings. The minimum Gasteiger partial charge on any atom is -0.412 e. The van der Waals surface area contributed by atoms with Gasteiger partial charge in [-0.05, 0) is 91.3 Å². The first-order valence-electron chi connectivity index (χ1n) is 12.4. The van der Waals surface area contributed by atoms with E-state index in [1.807, 2.05) is 0 Å². The molecule has 0 aliphatic heterocycles. The third-order valence-electron chi connectivity index (χ3n) is 10.0. The number of aliphatic hydroxyl groups excluding tert-OH is 1. The maximum absolute atomic E-state index is 10.2. The average Bonchev–Trinajstić information content (AvgIpc) is 3.03. The van der Waals surface area contributed by atoms with Gasteiger partial charge >= 0.3 is 0 Å². The molecule has 0 saturated heterocycles. The first kappa shape index (κ1) is 23.8. The van der Waals surface area contributed by atoms with Crippen LogP contribution in [0, 0.1) is 46.3 Å². The Morgan fingerprint density at radius 2 is 1.67 bits per heavy atom. The SMILES string of the molecule is CC(C)[C@@H](C)C=C[C@@H](C)[C@H]1CC[C@H]2C3=CC=C4C[C@@H](O)CC[C@]4(C)[C@H]3CC[C@]12C.O. The Kier molecular flexibility index (Phi) is 6.81. The molecule has 3 fully saturated rings. The van der Waals surface area contributed by atoms with E-state index in [2.05, 4.69) is 65.8 Å². The van der Waals surface area contributed by atoms with Gasteiger partial charge in [-0.25, -0.2) is 0 Å². The summed E-state index contributed by atoms with van der Waals surface area (Å²) < 4.78 is 0. The van der Waals surface area contributed by atoms with Crippen LogP contribution in [0.4, 0.5) is 0 Å². The van der Waals surface area contributed by atoms with Gasteiger partial charge in [0.2, 0.25) is 0 Å². The van der Waals surface area contributed by atoms with Gasteiger partial charge in [0, 0.05) is 0 Å². The smallest absolute Gasteiger partial charge is 0.0578 e. The Balaban J connectivity index is 0.00000256. The third-order valence-corrected chi connectivity index (χ3v) is 10.0. The number of hydrogen-bond acceptors (Lipinski definition) is 1. The first-order valence-corrected chi connectivity index (χ1v) is 12.4. The molecule has 0 aromatic carbocycles. The lowest BCUT2D eigenvalue weighted by Gasteiger charge is -2.55. The van der Waals surface area contributed by atoms with Gasteiger partial charge in [0.1, 0.15) is 0 Å². The van der Waals surface area contributed by atoms with Crippen molar-refractivity contribution >= 4 is 0 Å². The first-order chi connectivity index (χ1) is 13.7. The Morgan fingerprint density at radius 3 is 2.37 bits per heavy atom. The van der Waals surface area contributed by atoms with Crippen molar-refractivity contribution in [2.45, 2.75) is 92.6 Å². The summed E-state index contributed by atoms with van der Waals surface area (Å²) in [6.07, 6.45) is 18.4.